The molecule has 2 unspecified atom stereocenters. The van der Waals surface area contributed by atoms with Gasteiger partial charge in [-0.25, -0.2) is 8.42 Å². The van der Waals surface area contributed by atoms with Gasteiger partial charge in [-0.05, 0) is 24.9 Å². The maximum atomic E-state index is 12.0. The topological polar surface area (TPSA) is 49.4 Å². The van der Waals surface area contributed by atoms with E-state index in [0.717, 1.165) is 25.9 Å². The molecule has 1 aromatic rings. The Morgan fingerprint density at radius 2 is 2.00 bits per heavy atom. The van der Waals surface area contributed by atoms with E-state index in [1.54, 1.807) is 4.31 Å². The summed E-state index contributed by atoms with van der Waals surface area (Å²) in [6.45, 7) is 2.35. The fourth-order valence-corrected chi connectivity index (χ4v) is 4.86. The Kier molecular flexibility index (Phi) is 3.15. The first kappa shape index (κ1) is 13.1. The number of sulfonamides is 1. The van der Waals surface area contributed by atoms with Crippen molar-refractivity contribution in [3.8, 4) is 0 Å². The minimum atomic E-state index is -3.13. The molecule has 0 radical (unpaired) electrons. The van der Waals surface area contributed by atoms with Crippen molar-refractivity contribution in [2.75, 3.05) is 25.9 Å². The van der Waals surface area contributed by atoms with Crippen LogP contribution in [-0.2, 0) is 15.4 Å². The fraction of sp³-hybridized carbons (Fsp3) is 0.571. The van der Waals surface area contributed by atoms with Gasteiger partial charge in [0.25, 0.3) is 0 Å². The summed E-state index contributed by atoms with van der Waals surface area (Å²) in [4.78, 5) is 0. The van der Waals surface area contributed by atoms with Crippen LogP contribution in [0.1, 0.15) is 18.4 Å². The summed E-state index contributed by atoms with van der Waals surface area (Å²) in [5.41, 5.74) is 1.28. The number of nitrogens with one attached hydrogen (secondary N) is 1. The van der Waals surface area contributed by atoms with Crippen molar-refractivity contribution in [1.29, 1.82) is 0 Å². The first-order valence-corrected chi connectivity index (χ1v) is 8.62. The number of nitrogens with zero attached hydrogens (tertiary/aromatic N) is 1. The molecule has 4 nitrogen and oxygen atoms in total. The molecule has 1 N–H and O–H groups in total. The third-order valence-corrected chi connectivity index (χ3v) is 5.91. The van der Waals surface area contributed by atoms with Gasteiger partial charge in [0.15, 0.2) is 0 Å². The molecule has 19 heavy (non-hydrogen) atoms. The van der Waals surface area contributed by atoms with E-state index >= 15 is 0 Å². The lowest BCUT2D eigenvalue weighted by molar-refractivity contribution is 0.234. The van der Waals surface area contributed by atoms with Gasteiger partial charge in [0.05, 0.1) is 6.26 Å². The van der Waals surface area contributed by atoms with Crippen molar-refractivity contribution in [3.05, 3.63) is 35.9 Å². The highest BCUT2D eigenvalue weighted by Crippen LogP contribution is 2.44. The summed E-state index contributed by atoms with van der Waals surface area (Å²) in [5.74, 6) is 0. The zero-order valence-corrected chi connectivity index (χ0v) is 12.0. The normalized spacial score (nSPS) is 32.2. The van der Waals surface area contributed by atoms with Crippen LogP contribution < -0.4 is 5.32 Å². The molecule has 0 spiro atoms. The van der Waals surface area contributed by atoms with Gasteiger partial charge in [-0.3, -0.25) is 0 Å². The van der Waals surface area contributed by atoms with Gasteiger partial charge in [0.2, 0.25) is 10.0 Å². The Hall–Kier alpha value is -0.910. The van der Waals surface area contributed by atoms with Crippen molar-refractivity contribution in [1.82, 2.24) is 9.62 Å². The summed E-state index contributed by atoms with van der Waals surface area (Å²) in [6, 6.07) is 10.4. The second kappa shape index (κ2) is 4.58. The Morgan fingerprint density at radius 3 is 2.68 bits per heavy atom. The van der Waals surface area contributed by atoms with Crippen LogP contribution in [0.2, 0.25) is 0 Å². The number of piperidine rings is 1. The molecule has 0 aliphatic carbocycles. The van der Waals surface area contributed by atoms with Crippen molar-refractivity contribution >= 4 is 10.0 Å². The zero-order valence-electron chi connectivity index (χ0n) is 11.2. The van der Waals surface area contributed by atoms with Crippen LogP contribution >= 0.6 is 0 Å². The molecule has 2 aliphatic rings. The number of benzene rings is 1. The van der Waals surface area contributed by atoms with E-state index in [1.807, 2.05) is 18.2 Å². The Morgan fingerprint density at radius 1 is 1.26 bits per heavy atom. The summed E-state index contributed by atoms with van der Waals surface area (Å²) in [6.07, 6.45) is 3.26. The van der Waals surface area contributed by atoms with Crippen LogP contribution in [0.3, 0.4) is 0 Å². The van der Waals surface area contributed by atoms with Crippen molar-refractivity contribution in [2.45, 2.75) is 24.3 Å². The highest BCUT2D eigenvalue weighted by atomic mass is 32.2. The monoisotopic (exact) mass is 280 g/mol. The van der Waals surface area contributed by atoms with Crippen LogP contribution in [0.5, 0.6) is 0 Å². The molecule has 2 heterocycles. The van der Waals surface area contributed by atoms with Crippen LogP contribution in [0.25, 0.3) is 0 Å². The van der Waals surface area contributed by atoms with Crippen LogP contribution in [0.15, 0.2) is 30.3 Å². The molecule has 2 aliphatic heterocycles. The second-order valence-electron chi connectivity index (χ2n) is 5.62. The molecule has 104 valence electrons. The molecule has 2 saturated heterocycles. The molecular weight excluding hydrogens is 260 g/mol. The minimum absolute atomic E-state index is 0.00437. The Bertz CT molecular complexity index is 558. The zero-order chi connectivity index (χ0) is 13.5. The average molecular weight is 280 g/mol. The maximum Gasteiger partial charge on any atom is 0.211 e. The Labute approximate surface area is 114 Å². The standard InChI is InChI=1S/C14H20N2O2S/c1-19(17,18)16-10-8-14(7-9-15-11-13(14)16)12-5-3-2-4-6-12/h2-6,13,15H,7-11H2,1H3. The number of hydrogen-bond donors (Lipinski definition) is 1. The van der Waals surface area contributed by atoms with E-state index in [4.69, 9.17) is 0 Å². The van der Waals surface area contributed by atoms with Crippen molar-refractivity contribution < 1.29 is 8.42 Å². The van der Waals surface area contributed by atoms with Crippen LogP contribution in [0.4, 0.5) is 0 Å². The molecular formula is C14H20N2O2S. The van der Waals surface area contributed by atoms with E-state index < -0.39 is 10.0 Å². The molecule has 0 amide bonds. The number of fused-ring (bicyclic) bond motifs is 1. The van der Waals surface area contributed by atoms with E-state index in [-0.39, 0.29) is 11.5 Å². The predicted molar refractivity (Wildman–Crippen MR) is 75.6 cm³/mol. The van der Waals surface area contributed by atoms with Gasteiger partial charge in [0.1, 0.15) is 0 Å². The lowest BCUT2D eigenvalue weighted by Gasteiger charge is -2.42. The fourth-order valence-electron chi connectivity index (χ4n) is 3.69. The molecule has 5 heteroatoms. The Balaban J connectivity index is 2.04. The SMILES string of the molecule is CS(=O)(=O)N1CCC2(c3ccccc3)CCNCC12. The largest absolute Gasteiger partial charge is 0.315 e. The van der Waals surface area contributed by atoms with Crippen molar-refractivity contribution in [3.63, 3.8) is 0 Å². The van der Waals surface area contributed by atoms with E-state index in [9.17, 15) is 8.42 Å². The highest BCUT2D eigenvalue weighted by Gasteiger charge is 2.52. The highest BCUT2D eigenvalue weighted by molar-refractivity contribution is 7.88. The van der Waals surface area contributed by atoms with Crippen LogP contribution in [0, 0.1) is 0 Å². The number of rotatable bonds is 2. The van der Waals surface area contributed by atoms with Gasteiger partial charge >= 0.3 is 0 Å². The molecule has 1 aromatic carbocycles. The lowest BCUT2D eigenvalue weighted by atomic mass is 9.70. The second-order valence-corrected chi connectivity index (χ2v) is 7.55. The summed E-state index contributed by atoms with van der Waals surface area (Å²) >= 11 is 0. The third kappa shape index (κ3) is 2.10. The minimum Gasteiger partial charge on any atom is -0.315 e. The van der Waals surface area contributed by atoms with Gasteiger partial charge < -0.3 is 5.32 Å². The van der Waals surface area contributed by atoms with Gasteiger partial charge in [-0.15, -0.1) is 0 Å². The average Bonchev–Trinajstić information content (AvgIpc) is 2.80. The van der Waals surface area contributed by atoms with E-state index in [1.165, 1.54) is 11.8 Å². The van der Waals surface area contributed by atoms with Gasteiger partial charge in [-0.2, -0.15) is 4.31 Å². The predicted octanol–water partition coefficient (Wildman–Crippen LogP) is 0.952. The van der Waals surface area contributed by atoms with Crippen LogP contribution in [-0.4, -0.2) is 44.7 Å². The molecule has 3 rings (SSSR count). The molecule has 2 atom stereocenters. The molecule has 0 aromatic heterocycles. The molecule has 2 fully saturated rings. The maximum absolute atomic E-state index is 12.0. The first-order chi connectivity index (χ1) is 9.04. The van der Waals surface area contributed by atoms with E-state index in [0.29, 0.717) is 6.54 Å². The summed E-state index contributed by atoms with van der Waals surface area (Å²) in [5, 5.41) is 3.35. The molecule has 0 bridgehead atoms. The van der Waals surface area contributed by atoms with Crippen molar-refractivity contribution in [2.24, 2.45) is 0 Å². The third-order valence-electron chi connectivity index (χ3n) is 4.62. The van der Waals surface area contributed by atoms with Gasteiger partial charge in [-0.1, -0.05) is 30.3 Å². The quantitative estimate of drug-likeness (QED) is 0.877. The first-order valence-electron chi connectivity index (χ1n) is 6.77. The summed E-state index contributed by atoms with van der Waals surface area (Å²) in [7, 11) is -3.13. The lowest BCUT2D eigenvalue weighted by Crippen LogP contribution is -2.55. The smallest absolute Gasteiger partial charge is 0.211 e. The number of hydrogen-bond acceptors (Lipinski definition) is 3. The summed E-state index contributed by atoms with van der Waals surface area (Å²) < 4.78 is 25.6. The molecule has 0 saturated carbocycles. The van der Waals surface area contributed by atoms with E-state index in [2.05, 4.69) is 17.4 Å². The van der Waals surface area contributed by atoms with Gasteiger partial charge in [0, 0.05) is 24.5 Å².